The van der Waals surface area contributed by atoms with Gasteiger partial charge in [0.05, 0.1) is 6.10 Å². The van der Waals surface area contributed by atoms with Gasteiger partial charge >= 0.3 is 0 Å². The molecule has 0 amide bonds. The molecule has 22 heavy (non-hydrogen) atoms. The standard InChI is InChI=1S/C20H30O2/c1-13-10-20-8-5-16-18(2,12-21)6-4-7-19(16,3)17(20)9-15(22)14(13)11-20/h12,14-17,22H,1,4-11H2,2-3H3/t14-,15-,16+,17-,18+,19-,20-/m1/s1. The van der Waals surface area contributed by atoms with Crippen molar-refractivity contribution in [2.75, 3.05) is 0 Å². The van der Waals surface area contributed by atoms with Gasteiger partial charge in [0.25, 0.3) is 0 Å². The van der Waals surface area contributed by atoms with Crippen LogP contribution in [0, 0.1) is 34.0 Å². The van der Waals surface area contributed by atoms with Crippen LogP contribution in [0.1, 0.15) is 65.2 Å². The molecule has 4 aliphatic rings. The summed E-state index contributed by atoms with van der Waals surface area (Å²) in [6.07, 6.45) is 10.1. The zero-order valence-electron chi connectivity index (χ0n) is 14.1. The molecule has 0 unspecified atom stereocenters. The molecule has 2 bridgehead atoms. The molecule has 0 aromatic heterocycles. The third kappa shape index (κ3) is 1.68. The van der Waals surface area contributed by atoms with Crippen molar-refractivity contribution in [2.24, 2.45) is 34.0 Å². The van der Waals surface area contributed by atoms with E-state index in [0.29, 0.717) is 23.2 Å². The summed E-state index contributed by atoms with van der Waals surface area (Å²) in [7, 11) is 0. The van der Waals surface area contributed by atoms with Crippen LogP contribution in [0.2, 0.25) is 0 Å². The summed E-state index contributed by atoms with van der Waals surface area (Å²) in [5.41, 5.74) is 1.76. The molecule has 4 aliphatic carbocycles. The number of aliphatic hydroxyl groups excluding tert-OH is 1. The molecule has 0 aliphatic heterocycles. The number of hydrogen-bond donors (Lipinski definition) is 1. The molecule has 0 saturated heterocycles. The molecule has 0 radical (unpaired) electrons. The topological polar surface area (TPSA) is 37.3 Å². The van der Waals surface area contributed by atoms with E-state index in [1.165, 1.54) is 31.1 Å². The van der Waals surface area contributed by atoms with Gasteiger partial charge in [-0.15, -0.1) is 0 Å². The zero-order valence-corrected chi connectivity index (χ0v) is 14.1. The Balaban J connectivity index is 1.76. The van der Waals surface area contributed by atoms with Crippen LogP contribution in [-0.4, -0.2) is 17.5 Å². The highest BCUT2D eigenvalue weighted by molar-refractivity contribution is 5.60. The van der Waals surface area contributed by atoms with Crippen molar-refractivity contribution in [1.82, 2.24) is 0 Å². The second-order valence-corrected chi connectivity index (χ2v) is 9.44. The summed E-state index contributed by atoms with van der Waals surface area (Å²) < 4.78 is 0. The average Bonchev–Trinajstić information content (AvgIpc) is 2.75. The van der Waals surface area contributed by atoms with Crippen molar-refractivity contribution in [3.63, 3.8) is 0 Å². The Kier molecular flexibility index (Phi) is 3.03. The van der Waals surface area contributed by atoms with Gasteiger partial charge in [-0.3, -0.25) is 0 Å². The van der Waals surface area contributed by atoms with E-state index in [4.69, 9.17) is 0 Å². The summed E-state index contributed by atoms with van der Waals surface area (Å²) in [6, 6.07) is 0. The van der Waals surface area contributed by atoms with Gasteiger partial charge < -0.3 is 9.90 Å². The number of carbonyl (C=O) groups is 1. The van der Waals surface area contributed by atoms with Gasteiger partial charge in [0, 0.05) is 11.3 Å². The second-order valence-electron chi connectivity index (χ2n) is 9.44. The SMILES string of the molecule is C=C1C[C@@]23CC[C@@H]4[C@@](C)(CCC[C@@]4(C)C=O)[C@H]2C[C@@H](O)[C@@H]1C3. The predicted octanol–water partition coefficient (Wildman–Crippen LogP) is 4.13. The molecule has 1 N–H and O–H groups in total. The lowest BCUT2D eigenvalue weighted by Crippen LogP contribution is -2.58. The lowest BCUT2D eigenvalue weighted by Gasteiger charge is -2.63. The Labute approximate surface area is 134 Å². The van der Waals surface area contributed by atoms with Gasteiger partial charge in [-0.25, -0.2) is 0 Å². The quantitative estimate of drug-likeness (QED) is 0.584. The molecule has 4 fully saturated rings. The average molecular weight is 302 g/mol. The molecule has 0 aromatic carbocycles. The fraction of sp³-hybridized carbons (Fsp3) is 0.850. The smallest absolute Gasteiger partial charge is 0.126 e. The first-order chi connectivity index (χ1) is 10.3. The highest BCUT2D eigenvalue weighted by Crippen LogP contribution is 2.71. The monoisotopic (exact) mass is 302 g/mol. The Bertz CT molecular complexity index is 526. The van der Waals surface area contributed by atoms with Crippen LogP contribution in [0.4, 0.5) is 0 Å². The van der Waals surface area contributed by atoms with Crippen LogP contribution in [0.15, 0.2) is 12.2 Å². The molecular formula is C20H30O2. The normalized spacial score (nSPS) is 57.1. The Morgan fingerprint density at radius 2 is 2.00 bits per heavy atom. The minimum Gasteiger partial charge on any atom is -0.392 e. The van der Waals surface area contributed by atoms with Crippen molar-refractivity contribution in [3.05, 3.63) is 12.2 Å². The van der Waals surface area contributed by atoms with E-state index >= 15 is 0 Å². The molecule has 4 rings (SSSR count). The van der Waals surface area contributed by atoms with Crippen LogP contribution in [0.5, 0.6) is 0 Å². The number of hydrogen-bond acceptors (Lipinski definition) is 2. The first-order valence-electron chi connectivity index (χ1n) is 9.17. The Morgan fingerprint density at radius 3 is 2.73 bits per heavy atom. The summed E-state index contributed by atoms with van der Waals surface area (Å²) in [4.78, 5) is 11.8. The summed E-state index contributed by atoms with van der Waals surface area (Å²) in [5.74, 6) is 1.42. The first-order valence-corrected chi connectivity index (χ1v) is 9.17. The first kappa shape index (κ1) is 14.9. The van der Waals surface area contributed by atoms with E-state index in [9.17, 15) is 9.90 Å². The van der Waals surface area contributed by atoms with Crippen LogP contribution in [-0.2, 0) is 4.79 Å². The molecular weight excluding hydrogens is 272 g/mol. The summed E-state index contributed by atoms with van der Waals surface area (Å²) in [5, 5.41) is 10.7. The Morgan fingerprint density at radius 1 is 1.23 bits per heavy atom. The van der Waals surface area contributed by atoms with Crippen LogP contribution in [0.3, 0.4) is 0 Å². The number of fused-ring (bicyclic) bond motifs is 3. The summed E-state index contributed by atoms with van der Waals surface area (Å²) >= 11 is 0. The van der Waals surface area contributed by atoms with Crippen molar-refractivity contribution >= 4 is 6.29 Å². The van der Waals surface area contributed by atoms with Gasteiger partial charge in [0.1, 0.15) is 6.29 Å². The van der Waals surface area contributed by atoms with Gasteiger partial charge in [0.15, 0.2) is 0 Å². The van der Waals surface area contributed by atoms with E-state index in [1.54, 1.807) is 0 Å². The zero-order chi connectivity index (χ0) is 15.8. The lowest BCUT2D eigenvalue weighted by molar-refractivity contribution is -0.167. The minimum atomic E-state index is -0.201. The van der Waals surface area contributed by atoms with E-state index in [2.05, 4.69) is 20.4 Å². The van der Waals surface area contributed by atoms with E-state index in [0.717, 1.165) is 32.1 Å². The van der Waals surface area contributed by atoms with Gasteiger partial charge in [-0.2, -0.15) is 0 Å². The largest absolute Gasteiger partial charge is 0.392 e. The van der Waals surface area contributed by atoms with Crippen LogP contribution >= 0.6 is 0 Å². The van der Waals surface area contributed by atoms with Crippen LogP contribution < -0.4 is 0 Å². The number of rotatable bonds is 1. The minimum absolute atomic E-state index is 0.147. The predicted molar refractivity (Wildman–Crippen MR) is 87.3 cm³/mol. The number of carbonyl (C=O) groups excluding carboxylic acids is 1. The van der Waals surface area contributed by atoms with Crippen molar-refractivity contribution in [2.45, 2.75) is 71.3 Å². The number of aldehydes is 1. The molecule has 0 heterocycles. The maximum Gasteiger partial charge on any atom is 0.126 e. The summed E-state index contributed by atoms with van der Waals surface area (Å²) in [6.45, 7) is 8.92. The van der Waals surface area contributed by atoms with Gasteiger partial charge in [0.2, 0.25) is 0 Å². The van der Waals surface area contributed by atoms with E-state index < -0.39 is 0 Å². The highest BCUT2D eigenvalue weighted by atomic mass is 16.3. The Hall–Kier alpha value is -0.630. The molecule has 0 aromatic rings. The molecule has 7 atom stereocenters. The number of aliphatic hydroxyl groups is 1. The van der Waals surface area contributed by atoms with Gasteiger partial charge in [-0.1, -0.05) is 32.4 Å². The van der Waals surface area contributed by atoms with Crippen molar-refractivity contribution in [3.8, 4) is 0 Å². The van der Waals surface area contributed by atoms with Crippen molar-refractivity contribution in [1.29, 1.82) is 0 Å². The lowest BCUT2D eigenvalue weighted by atomic mass is 9.41. The maximum atomic E-state index is 11.8. The van der Waals surface area contributed by atoms with Gasteiger partial charge in [-0.05, 0) is 67.6 Å². The third-order valence-corrected chi connectivity index (χ3v) is 8.43. The second kappa shape index (κ2) is 4.47. The highest BCUT2D eigenvalue weighted by Gasteiger charge is 2.65. The molecule has 4 saturated carbocycles. The molecule has 1 spiro atoms. The van der Waals surface area contributed by atoms with E-state index in [1.807, 2.05) is 0 Å². The molecule has 2 nitrogen and oxygen atoms in total. The third-order valence-electron chi connectivity index (χ3n) is 8.43. The fourth-order valence-corrected chi connectivity index (χ4v) is 7.50. The van der Waals surface area contributed by atoms with E-state index in [-0.39, 0.29) is 16.9 Å². The van der Waals surface area contributed by atoms with Crippen LogP contribution in [0.25, 0.3) is 0 Å². The molecule has 122 valence electrons. The van der Waals surface area contributed by atoms with Crippen molar-refractivity contribution < 1.29 is 9.90 Å². The fourth-order valence-electron chi connectivity index (χ4n) is 7.50. The molecule has 2 heteroatoms. The maximum absolute atomic E-state index is 11.8.